The summed E-state index contributed by atoms with van der Waals surface area (Å²) in [5.41, 5.74) is 1.97. The largest absolute Gasteiger partial charge is 0.396 e. The number of fused-ring (bicyclic) bond motifs is 1. The van der Waals surface area contributed by atoms with Crippen LogP contribution in [0.3, 0.4) is 0 Å². The van der Waals surface area contributed by atoms with Gasteiger partial charge >= 0.3 is 0 Å². The summed E-state index contributed by atoms with van der Waals surface area (Å²) in [7, 11) is 0. The number of aromatic nitrogens is 2. The first-order valence-corrected chi connectivity index (χ1v) is 7.50. The van der Waals surface area contributed by atoms with Gasteiger partial charge < -0.3 is 9.40 Å². The van der Waals surface area contributed by atoms with E-state index in [1.54, 1.807) is 12.5 Å². The third-order valence-electron chi connectivity index (χ3n) is 3.44. The van der Waals surface area contributed by atoms with Gasteiger partial charge in [0.2, 0.25) is 0 Å². The van der Waals surface area contributed by atoms with E-state index >= 15 is 0 Å². The number of benzene rings is 2. The number of nitrogens with zero attached hydrogens (tertiary/aromatic N) is 3. The molecule has 0 radical (unpaired) electrons. The lowest BCUT2D eigenvalue weighted by molar-refractivity contribution is 0.144. The summed E-state index contributed by atoms with van der Waals surface area (Å²) in [5, 5.41) is 6.76. The molecule has 0 atom stereocenters. The number of oxime groups is 1. The van der Waals surface area contributed by atoms with Gasteiger partial charge in [-0.05, 0) is 23.3 Å². The Morgan fingerprint density at radius 3 is 2.82 bits per heavy atom. The summed E-state index contributed by atoms with van der Waals surface area (Å²) in [5.74, 6) is 0. The van der Waals surface area contributed by atoms with Crippen LogP contribution in [0.25, 0.3) is 10.8 Å². The molecule has 22 heavy (non-hydrogen) atoms. The van der Waals surface area contributed by atoms with Crippen LogP contribution < -0.4 is 0 Å². The van der Waals surface area contributed by atoms with E-state index < -0.39 is 0 Å². The SMILES string of the molecule is CCCO/N=C(\Cn1ccnc1)c1ccc2ccccc2c1. The van der Waals surface area contributed by atoms with Gasteiger partial charge in [0.05, 0.1) is 12.9 Å². The first kappa shape index (κ1) is 14.3. The Balaban J connectivity index is 1.93. The lowest BCUT2D eigenvalue weighted by atomic mass is 10.0. The Hall–Kier alpha value is -2.62. The number of hydrogen-bond acceptors (Lipinski definition) is 3. The maximum absolute atomic E-state index is 5.41. The first-order valence-electron chi connectivity index (χ1n) is 7.50. The number of rotatable bonds is 6. The van der Waals surface area contributed by atoms with Gasteiger partial charge in [0.25, 0.3) is 0 Å². The van der Waals surface area contributed by atoms with E-state index in [0.717, 1.165) is 17.7 Å². The van der Waals surface area contributed by atoms with Crippen LogP contribution in [0.15, 0.2) is 66.3 Å². The maximum atomic E-state index is 5.41. The van der Waals surface area contributed by atoms with Crippen molar-refractivity contribution in [1.82, 2.24) is 9.55 Å². The standard InChI is InChI=1S/C18H19N3O/c1-2-11-22-20-18(13-21-10-9-19-14-21)17-8-7-15-5-3-4-6-16(15)12-17/h3-10,12,14H,2,11,13H2,1H3/b20-18+. The molecule has 0 fully saturated rings. The van der Waals surface area contributed by atoms with Gasteiger partial charge in [0.15, 0.2) is 0 Å². The molecule has 0 aliphatic carbocycles. The third kappa shape index (κ3) is 3.34. The molecule has 1 aromatic heterocycles. The second-order valence-corrected chi connectivity index (χ2v) is 5.17. The van der Waals surface area contributed by atoms with Crippen LogP contribution >= 0.6 is 0 Å². The highest BCUT2D eigenvalue weighted by atomic mass is 16.6. The van der Waals surface area contributed by atoms with Crippen molar-refractivity contribution < 1.29 is 4.84 Å². The zero-order valence-electron chi connectivity index (χ0n) is 12.6. The third-order valence-corrected chi connectivity index (χ3v) is 3.44. The minimum Gasteiger partial charge on any atom is -0.396 e. The lowest BCUT2D eigenvalue weighted by Gasteiger charge is -2.09. The fraction of sp³-hybridized carbons (Fsp3) is 0.222. The molecular formula is C18H19N3O. The van der Waals surface area contributed by atoms with Crippen molar-refractivity contribution in [2.75, 3.05) is 6.61 Å². The molecule has 0 saturated heterocycles. The monoisotopic (exact) mass is 293 g/mol. The summed E-state index contributed by atoms with van der Waals surface area (Å²) in [6, 6.07) is 14.7. The first-order chi connectivity index (χ1) is 10.9. The van der Waals surface area contributed by atoms with E-state index in [2.05, 4.69) is 47.4 Å². The fourth-order valence-corrected chi connectivity index (χ4v) is 2.31. The molecular weight excluding hydrogens is 274 g/mol. The van der Waals surface area contributed by atoms with Crippen LogP contribution in [0.5, 0.6) is 0 Å². The second-order valence-electron chi connectivity index (χ2n) is 5.17. The van der Waals surface area contributed by atoms with E-state index in [-0.39, 0.29) is 0 Å². The quantitative estimate of drug-likeness (QED) is 0.393. The van der Waals surface area contributed by atoms with Crippen LogP contribution in [-0.2, 0) is 11.4 Å². The molecule has 0 saturated carbocycles. The van der Waals surface area contributed by atoms with Crippen molar-refractivity contribution >= 4 is 16.5 Å². The molecule has 3 aromatic rings. The molecule has 112 valence electrons. The molecule has 0 unspecified atom stereocenters. The van der Waals surface area contributed by atoms with Crippen molar-refractivity contribution in [1.29, 1.82) is 0 Å². The van der Waals surface area contributed by atoms with Crippen molar-refractivity contribution in [2.45, 2.75) is 19.9 Å². The summed E-state index contributed by atoms with van der Waals surface area (Å²) in [4.78, 5) is 9.50. The molecule has 0 amide bonds. The molecule has 0 spiro atoms. The average Bonchev–Trinajstić information content (AvgIpc) is 3.07. The predicted octanol–water partition coefficient (Wildman–Crippen LogP) is 3.87. The maximum Gasteiger partial charge on any atom is 0.116 e. The summed E-state index contributed by atoms with van der Waals surface area (Å²) in [6.45, 7) is 3.34. The van der Waals surface area contributed by atoms with Gasteiger partial charge in [-0.25, -0.2) is 4.98 Å². The van der Waals surface area contributed by atoms with Crippen LogP contribution in [-0.4, -0.2) is 21.9 Å². The van der Waals surface area contributed by atoms with Gasteiger partial charge in [-0.3, -0.25) is 0 Å². The molecule has 4 nitrogen and oxygen atoms in total. The summed E-state index contributed by atoms with van der Waals surface area (Å²) >= 11 is 0. The van der Waals surface area contributed by atoms with Crippen molar-refractivity contribution in [3.8, 4) is 0 Å². The summed E-state index contributed by atoms with van der Waals surface area (Å²) in [6.07, 6.45) is 6.43. The minimum absolute atomic E-state index is 0.626. The van der Waals surface area contributed by atoms with Crippen LogP contribution in [0.4, 0.5) is 0 Å². The molecule has 2 aromatic carbocycles. The van der Waals surface area contributed by atoms with E-state index in [4.69, 9.17) is 4.84 Å². The van der Waals surface area contributed by atoms with Crippen LogP contribution in [0.1, 0.15) is 18.9 Å². The number of hydrogen-bond donors (Lipinski definition) is 0. The van der Waals surface area contributed by atoms with E-state index in [1.165, 1.54) is 10.8 Å². The summed E-state index contributed by atoms with van der Waals surface area (Å²) < 4.78 is 1.99. The Labute approximate surface area is 130 Å². The topological polar surface area (TPSA) is 39.4 Å². The van der Waals surface area contributed by atoms with Gasteiger partial charge in [-0.15, -0.1) is 0 Å². The Morgan fingerprint density at radius 2 is 2.05 bits per heavy atom. The van der Waals surface area contributed by atoms with Gasteiger partial charge in [-0.2, -0.15) is 0 Å². The molecule has 3 rings (SSSR count). The minimum atomic E-state index is 0.626. The second kappa shape index (κ2) is 6.89. The lowest BCUT2D eigenvalue weighted by Crippen LogP contribution is -2.11. The van der Waals surface area contributed by atoms with Gasteiger partial charge in [-0.1, -0.05) is 48.5 Å². The van der Waals surface area contributed by atoms with Crippen LogP contribution in [0.2, 0.25) is 0 Å². The van der Waals surface area contributed by atoms with Crippen molar-refractivity contribution in [3.05, 3.63) is 66.7 Å². The fourth-order valence-electron chi connectivity index (χ4n) is 2.31. The Morgan fingerprint density at radius 1 is 1.18 bits per heavy atom. The van der Waals surface area contributed by atoms with Crippen molar-refractivity contribution in [3.63, 3.8) is 0 Å². The average molecular weight is 293 g/mol. The molecule has 1 heterocycles. The predicted molar refractivity (Wildman–Crippen MR) is 89.0 cm³/mol. The molecule has 0 N–H and O–H groups in total. The van der Waals surface area contributed by atoms with Crippen LogP contribution in [0, 0.1) is 0 Å². The van der Waals surface area contributed by atoms with E-state index in [0.29, 0.717) is 13.2 Å². The molecule has 0 bridgehead atoms. The Kier molecular flexibility index (Phi) is 4.49. The molecule has 0 aliphatic heterocycles. The van der Waals surface area contributed by atoms with E-state index in [9.17, 15) is 0 Å². The van der Waals surface area contributed by atoms with Crippen molar-refractivity contribution in [2.24, 2.45) is 5.16 Å². The normalized spacial score (nSPS) is 11.8. The Bertz CT molecular complexity index is 763. The molecule has 4 heteroatoms. The highest BCUT2D eigenvalue weighted by Gasteiger charge is 2.07. The zero-order valence-corrected chi connectivity index (χ0v) is 12.6. The smallest absolute Gasteiger partial charge is 0.116 e. The van der Waals surface area contributed by atoms with Gasteiger partial charge in [0, 0.05) is 18.0 Å². The zero-order chi connectivity index (χ0) is 15.2. The van der Waals surface area contributed by atoms with Gasteiger partial charge in [0.1, 0.15) is 12.3 Å². The van der Waals surface area contributed by atoms with E-state index in [1.807, 2.05) is 22.9 Å². The highest BCUT2D eigenvalue weighted by molar-refractivity contribution is 6.03. The molecule has 0 aliphatic rings. The highest BCUT2D eigenvalue weighted by Crippen LogP contribution is 2.17. The number of imidazole rings is 1.